The van der Waals surface area contributed by atoms with Gasteiger partial charge in [0.15, 0.2) is 0 Å². The van der Waals surface area contributed by atoms with Crippen LogP contribution in [-0.2, 0) is 0 Å². The average Bonchev–Trinajstić information content (AvgIpc) is 1.90. The molecule has 1 N–H and O–H groups in total. The molecule has 0 amide bonds. The maximum absolute atomic E-state index is 9.81. The molecule has 0 fully saturated rings. The van der Waals surface area contributed by atoms with Crippen molar-refractivity contribution in [3.05, 3.63) is 16.7 Å². The van der Waals surface area contributed by atoms with Crippen molar-refractivity contribution in [1.29, 1.82) is 0 Å². The average molecular weight is 112 g/mol. The molecule has 1 rings (SSSR count). The maximum atomic E-state index is 9.81. The van der Waals surface area contributed by atoms with E-state index in [1.54, 1.807) is 0 Å². The second-order valence-electron chi connectivity index (χ2n) is 1.74. The van der Waals surface area contributed by atoms with Crippen LogP contribution in [0.3, 0.4) is 0 Å². The highest BCUT2D eigenvalue weighted by molar-refractivity contribution is 5.04. The zero-order valence-corrected chi connectivity index (χ0v) is 4.55. The van der Waals surface area contributed by atoms with Crippen LogP contribution in [0.5, 0.6) is 0 Å². The first-order valence-electron chi connectivity index (χ1n) is 2.66. The predicted molar refractivity (Wildman–Crippen MR) is 31.4 cm³/mol. The predicted octanol–water partition coefficient (Wildman–Crippen LogP) is 0.630. The lowest BCUT2D eigenvalue weighted by atomic mass is 10.2. The van der Waals surface area contributed by atoms with Crippen molar-refractivity contribution in [2.75, 3.05) is 13.1 Å². The monoisotopic (exact) mass is 112 g/mol. The minimum Gasteiger partial charge on any atom is -0.313 e. The molecule has 0 spiro atoms. The SMILES string of the molecule is O=NC1=CCNCC1. The Kier molecular flexibility index (Phi) is 1.75. The zero-order chi connectivity index (χ0) is 5.82. The van der Waals surface area contributed by atoms with E-state index in [9.17, 15) is 4.91 Å². The fraction of sp³-hybridized carbons (Fsp3) is 0.600. The molecular weight excluding hydrogens is 104 g/mol. The molecule has 1 heterocycles. The van der Waals surface area contributed by atoms with E-state index in [-0.39, 0.29) is 0 Å². The van der Waals surface area contributed by atoms with E-state index < -0.39 is 0 Å². The Morgan fingerprint density at radius 2 is 2.62 bits per heavy atom. The van der Waals surface area contributed by atoms with Gasteiger partial charge >= 0.3 is 0 Å². The third-order valence-corrected chi connectivity index (χ3v) is 1.16. The minimum absolute atomic E-state index is 0.684. The third-order valence-electron chi connectivity index (χ3n) is 1.16. The van der Waals surface area contributed by atoms with Gasteiger partial charge in [0.1, 0.15) is 0 Å². The molecule has 0 saturated carbocycles. The summed E-state index contributed by atoms with van der Waals surface area (Å²) in [6.45, 7) is 1.68. The largest absolute Gasteiger partial charge is 0.313 e. The third kappa shape index (κ3) is 1.13. The van der Waals surface area contributed by atoms with Crippen LogP contribution in [0.25, 0.3) is 0 Å². The van der Waals surface area contributed by atoms with E-state index in [1.165, 1.54) is 0 Å². The van der Waals surface area contributed by atoms with Gasteiger partial charge in [-0.1, -0.05) is 0 Å². The number of hydrogen-bond donors (Lipinski definition) is 1. The van der Waals surface area contributed by atoms with E-state index in [2.05, 4.69) is 10.5 Å². The Morgan fingerprint density at radius 3 is 3.00 bits per heavy atom. The molecule has 8 heavy (non-hydrogen) atoms. The highest BCUT2D eigenvalue weighted by Crippen LogP contribution is 2.03. The zero-order valence-electron chi connectivity index (χ0n) is 4.55. The molecule has 1 aliphatic heterocycles. The van der Waals surface area contributed by atoms with Gasteiger partial charge in [-0.05, 0) is 11.3 Å². The topological polar surface area (TPSA) is 41.5 Å². The molecule has 0 saturated heterocycles. The summed E-state index contributed by atoms with van der Waals surface area (Å²) in [4.78, 5) is 9.81. The first-order valence-corrected chi connectivity index (χ1v) is 2.66. The summed E-state index contributed by atoms with van der Waals surface area (Å²) in [6.07, 6.45) is 2.60. The number of nitrogens with one attached hydrogen (secondary N) is 1. The van der Waals surface area contributed by atoms with Crippen LogP contribution in [0.1, 0.15) is 6.42 Å². The van der Waals surface area contributed by atoms with Crippen LogP contribution in [0, 0.1) is 4.91 Å². The van der Waals surface area contributed by atoms with E-state index in [0.717, 1.165) is 19.5 Å². The molecule has 0 aromatic carbocycles. The van der Waals surface area contributed by atoms with E-state index in [1.807, 2.05) is 6.08 Å². The summed E-state index contributed by atoms with van der Waals surface area (Å²) >= 11 is 0. The highest BCUT2D eigenvalue weighted by Gasteiger charge is 1.99. The Balaban J connectivity index is 2.49. The maximum Gasteiger partial charge on any atom is 0.0834 e. The lowest BCUT2D eigenvalue weighted by molar-refractivity contribution is 0.698. The summed E-state index contributed by atoms with van der Waals surface area (Å²) < 4.78 is 0. The van der Waals surface area contributed by atoms with E-state index in [4.69, 9.17) is 0 Å². The summed E-state index contributed by atoms with van der Waals surface area (Å²) in [7, 11) is 0. The lowest BCUT2D eigenvalue weighted by Gasteiger charge is -2.05. The molecule has 0 aromatic rings. The fourth-order valence-electron chi connectivity index (χ4n) is 0.693. The molecule has 44 valence electrons. The Bertz CT molecular complexity index is 120. The van der Waals surface area contributed by atoms with Gasteiger partial charge in [-0.2, -0.15) is 0 Å². The molecule has 1 aliphatic rings. The van der Waals surface area contributed by atoms with Crippen LogP contribution in [0.4, 0.5) is 0 Å². The van der Waals surface area contributed by atoms with Gasteiger partial charge in [0.05, 0.1) is 5.70 Å². The summed E-state index contributed by atoms with van der Waals surface area (Å²) in [5.41, 5.74) is 0.684. The molecule has 0 radical (unpaired) electrons. The summed E-state index contributed by atoms with van der Waals surface area (Å²) in [5.74, 6) is 0. The van der Waals surface area contributed by atoms with E-state index >= 15 is 0 Å². The van der Waals surface area contributed by atoms with Gasteiger partial charge in [-0.3, -0.25) is 0 Å². The molecule has 3 nitrogen and oxygen atoms in total. The number of rotatable bonds is 1. The Morgan fingerprint density at radius 1 is 1.75 bits per heavy atom. The molecule has 0 aliphatic carbocycles. The first kappa shape index (κ1) is 5.44. The van der Waals surface area contributed by atoms with Gasteiger partial charge in [-0.25, -0.2) is 0 Å². The highest BCUT2D eigenvalue weighted by atomic mass is 16.3. The van der Waals surface area contributed by atoms with Crippen molar-refractivity contribution < 1.29 is 0 Å². The van der Waals surface area contributed by atoms with Gasteiger partial charge in [0, 0.05) is 19.5 Å². The van der Waals surface area contributed by atoms with Crippen LogP contribution in [0.2, 0.25) is 0 Å². The lowest BCUT2D eigenvalue weighted by Crippen LogP contribution is -2.19. The van der Waals surface area contributed by atoms with Crippen molar-refractivity contribution in [2.24, 2.45) is 5.18 Å². The second-order valence-corrected chi connectivity index (χ2v) is 1.74. The Hall–Kier alpha value is -0.700. The van der Waals surface area contributed by atoms with Crippen LogP contribution >= 0.6 is 0 Å². The van der Waals surface area contributed by atoms with Gasteiger partial charge in [0.2, 0.25) is 0 Å². The molecule has 0 aromatic heterocycles. The number of nitrogens with zero attached hydrogens (tertiary/aromatic N) is 1. The van der Waals surface area contributed by atoms with Crippen molar-refractivity contribution >= 4 is 0 Å². The van der Waals surface area contributed by atoms with Crippen LogP contribution in [0.15, 0.2) is 16.9 Å². The van der Waals surface area contributed by atoms with Gasteiger partial charge in [0.25, 0.3) is 0 Å². The molecule has 0 bridgehead atoms. The van der Waals surface area contributed by atoms with Crippen LogP contribution in [-0.4, -0.2) is 13.1 Å². The fourth-order valence-corrected chi connectivity index (χ4v) is 0.693. The summed E-state index contributed by atoms with van der Waals surface area (Å²) in [6, 6.07) is 0. The normalized spacial score (nSPS) is 19.8. The van der Waals surface area contributed by atoms with Gasteiger partial charge < -0.3 is 5.32 Å². The molecule has 0 unspecified atom stereocenters. The minimum atomic E-state index is 0.684. The van der Waals surface area contributed by atoms with Crippen molar-refractivity contribution in [3.63, 3.8) is 0 Å². The molecular formula is C5H8N2O. The van der Waals surface area contributed by atoms with Crippen molar-refractivity contribution in [1.82, 2.24) is 5.32 Å². The Labute approximate surface area is 47.7 Å². The van der Waals surface area contributed by atoms with Gasteiger partial charge in [-0.15, -0.1) is 4.91 Å². The van der Waals surface area contributed by atoms with E-state index in [0.29, 0.717) is 5.70 Å². The second kappa shape index (κ2) is 2.57. The van der Waals surface area contributed by atoms with Crippen LogP contribution < -0.4 is 5.32 Å². The summed E-state index contributed by atoms with van der Waals surface area (Å²) in [5, 5.41) is 5.89. The number of hydrogen-bond acceptors (Lipinski definition) is 3. The quantitative estimate of drug-likeness (QED) is 0.505. The molecule has 3 heteroatoms. The smallest absolute Gasteiger partial charge is 0.0834 e. The number of nitroso groups, excluding NO2 is 1. The molecule has 0 atom stereocenters. The standard InChI is InChI=1S/C5H8N2O/c8-7-5-1-3-6-4-2-5/h1,6H,2-4H2. The first-order chi connectivity index (χ1) is 3.93. The van der Waals surface area contributed by atoms with Crippen molar-refractivity contribution in [2.45, 2.75) is 6.42 Å². The van der Waals surface area contributed by atoms with Crippen molar-refractivity contribution in [3.8, 4) is 0 Å².